The van der Waals surface area contributed by atoms with Gasteiger partial charge in [0.1, 0.15) is 29.1 Å². The Kier molecular flexibility index (Phi) is 6.61. The second-order valence-electron chi connectivity index (χ2n) is 8.87. The number of hydrogen-bond donors (Lipinski definition) is 0. The molecule has 11 heteroatoms. The summed E-state index contributed by atoms with van der Waals surface area (Å²) in [5.74, 6) is -0.526. The van der Waals surface area contributed by atoms with Crippen LogP contribution in [0.1, 0.15) is 30.7 Å². The van der Waals surface area contributed by atoms with E-state index in [2.05, 4.69) is 19.5 Å². The topological polar surface area (TPSA) is 98.2 Å². The third-order valence-electron chi connectivity index (χ3n) is 6.38. The van der Waals surface area contributed by atoms with Crippen LogP contribution in [0, 0.1) is 22.7 Å². The molecule has 2 aromatic heterocycles. The summed E-state index contributed by atoms with van der Waals surface area (Å²) in [6.45, 7) is 5.61. The van der Waals surface area contributed by atoms with E-state index < -0.39 is 12.1 Å². The smallest absolute Gasteiger partial charge is 0.404 e. The van der Waals surface area contributed by atoms with Gasteiger partial charge in [-0.2, -0.15) is 10.5 Å². The Bertz CT molecular complexity index is 1450. The summed E-state index contributed by atoms with van der Waals surface area (Å²) in [5.41, 5.74) is 2.43. The van der Waals surface area contributed by atoms with Crippen molar-refractivity contribution in [3.05, 3.63) is 63.6 Å². The minimum Gasteiger partial charge on any atom is -0.404 e. The van der Waals surface area contributed by atoms with Crippen LogP contribution in [0.3, 0.4) is 0 Å². The van der Waals surface area contributed by atoms with E-state index in [-0.39, 0.29) is 28.9 Å². The number of nitrogens with zero attached hydrogens (tertiary/aromatic N) is 6. The lowest BCUT2D eigenvalue weighted by Crippen LogP contribution is -2.56. The lowest BCUT2D eigenvalue weighted by atomic mass is 10.0. The summed E-state index contributed by atoms with van der Waals surface area (Å²) >= 11 is 0. The SMILES string of the molecule is C[C@@H]1CN(c2cc(=O)n(C)c3ccc(C#N)nc23)[C@@H](C)CN1Cc1ccc(OC(F)(F)F)c(C#N)c1. The highest BCUT2D eigenvalue weighted by molar-refractivity contribution is 5.89. The molecule has 0 bridgehead atoms. The fraction of sp³-hybridized carbons (Fsp3) is 0.360. The quantitative estimate of drug-likeness (QED) is 0.544. The number of ether oxygens (including phenoxy) is 1. The predicted molar refractivity (Wildman–Crippen MR) is 126 cm³/mol. The average molecular weight is 496 g/mol. The molecule has 8 nitrogen and oxygen atoms in total. The highest BCUT2D eigenvalue weighted by atomic mass is 19.4. The highest BCUT2D eigenvalue weighted by Crippen LogP contribution is 2.31. The van der Waals surface area contributed by atoms with Crippen molar-refractivity contribution in [2.45, 2.75) is 38.8 Å². The predicted octanol–water partition coefficient (Wildman–Crippen LogP) is 3.67. The Balaban J connectivity index is 1.59. The van der Waals surface area contributed by atoms with Crippen LogP contribution < -0.4 is 15.2 Å². The molecular formula is C25H23F3N6O2. The zero-order chi connectivity index (χ0) is 26.2. The number of aromatic nitrogens is 2. The van der Waals surface area contributed by atoms with Crippen molar-refractivity contribution in [3.63, 3.8) is 0 Å². The molecule has 0 radical (unpaired) electrons. The van der Waals surface area contributed by atoms with Crippen LogP contribution in [0.5, 0.6) is 5.75 Å². The van der Waals surface area contributed by atoms with Gasteiger partial charge in [0.2, 0.25) is 0 Å². The maximum absolute atomic E-state index is 12.6. The fourth-order valence-corrected chi connectivity index (χ4v) is 4.56. The van der Waals surface area contributed by atoms with Gasteiger partial charge in [0, 0.05) is 44.8 Å². The molecule has 0 N–H and O–H groups in total. The van der Waals surface area contributed by atoms with Gasteiger partial charge in [-0.15, -0.1) is 13.2 Å². The summed E-state index contributed by atoms with van der Waals surface area (Å²) in [6.07, 6.45) is -4.88. The largest absolute Gasteiger partial charge is 0.573 e. The Morgan fingerprint density at radius 1 is 1.08 bits per heavy atom. The number of benzene rings is 1. The molecule has 186 valence electrons. The van der Waals surface area contributed by atoms with E-state index in [1.807, 2.05) is 19.9 Å². The maximum atomic E-state index is 12.6. The molecule has 3 aromatic rings. The molecule has 0 unspecified atom stereocenters. The van der Waals surface area contributed by atoms with Gasteiger partial charge in [0.15, 0.2) is 0 Å². The van der Waals surface area contributed by atoms with Gasteiger partial charge in [-0.25, -0.2) is 4.98 Å². The van der Waals surface area contributed by atoms with E-state index in [9.17, 15) is 28.5 Å². The van der Waals surface area contributed by atoms with Gasteiger partial charge in [0.05, 0.1) is 16.8 Å². The highest BCUT2D eigenvalue weighted by Gasteiger charge is 2.33. The monoisotopic (exact) mass is 496 g/mol. The minimum absolute atomic E-state index is 0.0103. The van der Waals surface area contributed by atoms with Gasteiger partial charge < -0.3 is 14.2 Å². The molecule has 1 aliphatic heterocycles. The lowest BCUT2D eigenvalue weighted by molar-refractivity contribution is -0.274. The lowest BCUT2D eigenvalue weighted by Gasteiger charge is -2.45. The standard InChI is InChI=1S/C25H23F3N6O2/c1-15-13-34(21-9-23(35)32(3)20-6-5-19(11-30)31-24(20)21)16(2)12-33(15)14-17-4-7-22(18(8-17)10-29)36-25(26,27)28/h4-9,15-16H,12-14H2,1-3H3/t15-,16+/m1/s1. The van der Waals surface area contributed by atoms with Crippen LogP contribution in [0.4, 0.5) is 18.9 Å². The molecule has 4 rings (SSSR count). The summed E-state index contributed by atoms with van der Waals surface area (Å²) in [6, 6.07) is 12.7. The van der Waals surface area contributed by atoms with Crippen LogP contribution >= 0.6 is 0 Å². The molecular weight excluding hydrogens is 473 g/mol. The number of pyridine rings is 2. The van der Waals surface area contributed by atoms with Gasteiger partial charge >= 0.3 is 6.36 Å². The van der Waals surface area contributed by atoms with Gasteiger partial charge in [-0.05, 0) is 43.7 Å². The molecule has 1 fully saturated rings. The summed E-state index contributed by atoms with van der Waals surface area (Å²) < 4.78 is 43.2. The second kappa shape index (κ2) is 9.51. The van der Waals surface area contributed by atoms with Crippen molar-refractivity contribution in [2.24, 2.45) is 7.05 Å². The third-order valence-corrected chi connectivity index (χ3v) is 6.38. The number of rotatable bonds is 4. The number of halogens is 3. The number of nitriles is 2. The molecule has 1 saturated heterocycles. The van der Waals surface area contributed by atoms with E-state index in [4.69, 9.17) is 0 Å². The molecule has 1 aromatic carbocycles. The molecule has 0 amide bonds. The van der Waals surface area contributed by atoms with Crippen molar-refractivity contribution < 1.29 is 17.9 Å². The first-order valence-electron chi connectivity index (χ1n) is 11.2. The molecule has 3 heterocycles. The van der Waals surface area contributed by atoms with E-state index in [0.717, 1.165) is 6.07 Å². The van der Waals surface area contributed by atoms with E-state index in [1.54, 1.807) is 25.2 Å². The van der Waals surface area contributed by atoms with Crippen molar-refractivity contribution in [1.82, 2.24) is 14.5 Å². The van der Waals surface area contributed by atoms with Gasteiger partial charge in [-0.1, -0.05) is 6.07 Å². The summed E-state index contributed by atoms with van der Waals surface area (Å²) in [4.78, 5) is 21.4. The number of anilines is 1. The van der Waals surface area contributed by atoms with Crippen molar-refractivity contribution in [3.8, 4) is 17.9 Å². The number of alkyl halides is 3. The van der Waals surface area contributed by atoms with Crippen molar-refractivity contribution >= 4 is 16.7 Å². The number of aryl methyl sites for hydroxylation is 1. The molecule has 1 aliphatic rings. The summed E-state index contributed by atoms with van der Waals surface area (Å²) in [7, 11) is 1.66. The normalized spacial score (nSPS) is 18.6. The van der Waals surface area contributed by atoms with Crippen LogP contribution in [0.25, 0.3) is 11.0 Å². The first-order chi connectivity index (χ1) is 17.0. The Hall–Kier alpha value is -4.09. The second-order valence-corrected chi connectivity index (χ2v) is 8.87. The summed E-state index contributed by atoms with van der Waals surface area (Å²) in [5, 5.41) is 18.6. The zero-order valence-electron chi connectivity index (χ0n) is 19.9. The van der Waals surface area contributed by atoms with Crippen LogP contribution in [-0.2, 0) is 13.6 Å². The van der Waals surface area contributed by atoms with Crippen LogP contribution in [0.2, 0.25) is 0 Å². The van der Waals surface area contributed by atoms with Gasteiger partial charge in [-0.3, -0.25) is 9.69 Å². The number of hydrogen-bond acceptors (Lipinski definition) is 7. The third kappa shape index (κ3) is 4.97. The number of piperazine rings is 1. The zero-order valence-corrected chi connectivity index (χ0v) is 19.9. The molecule has 0 aliphatic carbocycles. The van der Waals surface area contributed by atoms with Gasteiger partial charge in [0.25, 0.3) is 5.56 Å². The van der Waals surface area contributed by atoms with Crippen LogP contribution in [-0.4, -0.2) is 46.0 Å². The molecule has 0 spiro atoms. The van der Waals surface area contributed by atoms with E-state index in [0.29, 0.717) is 41.9 Å². The van der Waals surface area contributed by atoms with E-state index in [1.165, 1.54) is 22.8 Å². The molecule has 2 atom stereocenters. The Morgan fingerprint density at radius 3 is 2.50 bits per heavy atom. The maximum Gasteiger partial charge on any atom is 0.573 e. The van der Waals surface area contributed by atoms with E-state index >= 15 is 0 Å². The fourth-order valence-electron chi connectivity index (χ4n) is 4.56. The van der Waals surface area contributed by atoms with Crippen molar-refractivity contribution in [2.75, 3.05) is 18.0 Å². The molecule has 36 heavy (non-hydrogen) atoms. The molecule has 0 saturated carbocycles. The number of fused-ring (bicyclic) bond motifs is 1. The minimum atomic E-state index is -4.88. The first-order valence-corrected chi connectivity index (χ1v) is 11.2. The Labute approximate surface area is 205 Å². The van der Waals surface area contributed by atoms with Crippen molar-refractivity contribution in [1.29, 1.82) is 10.5 Å². The van der Waals surface area contributed by atoms with Crippen LogP contribution in [0.15, 0.2) is 41.2 Å². The average Bonchev–Trinajstić information content (AvgIpc) is 2.83. The Morgan fingerprint density at radius 2 is 1.83 bits per heavy atom. The first kappa shape index (κ1) is 25.0.